The molecule has 0 aromatic heterocycles. The highest BCUT2D eigenvalue weighted by Gasteiger charge is 2.17. The lowest BCUT2D eigenvalue weighted by molar-refractivity contribution is -0.119. The van der Waals surface area contributed by atoms with Crippen molar-refractivity contribution >= 4 is 5.78 Å². The Morgan fingerprint density at radius 2 is 1.94 bits per heavy atom. The maximum absolute atomic E-state index is 11.7. The first-order chi connectivity index (χ1) is 7.83. The summed E-state index contributed by atoms with van der Waals surface area (Å²) >= 11 is 0. The number of Topliss-reactive ketones (excluding diaryl/α,β-unsaturated/α-hetero) is 1. The quantitative estimate of drug-likeness (QED) is 0.610. The Morgan fingerprint density at radius 3 is 2.62 bits per heavy atom. The van der Waals surface area contributed by atoms with E-state index in [0.29, 0.717) is 11.7 Å². The lowest BCUT2D eigenvalue weighted by atomic mass is 9.98. The molecule has 2 nitrogen and oxygen atoms in total. The fourth-order valence-electron chi connectivity index (χ4n) is 2.42. The minimum absolute atomic E-state index is 0.490. The summed E-state index contributed by atoms with van der Waals surface area (Å²) in [5, 5.41) is 3.32. The van der Waals surface area contributed by atoms with Gasteiger partial charge in [-0.1, -0.05) is 39.0 Å². The molecule has 1 rings (SSSR count). The lowest BCUT2D eigenvalue weighted by Gasteiger charge is -2.06. The van der Waals surface area contributed by atoms with Gasteiger partial charge in [-0.25, -0.2) is 0 Å². The summed E-state index contributed by atoms with van der Waals surface area (Å²) in [6.07, 6.45) is 10.5. The summed E-state index contributed by atoms with van der Waals surface area (Å²) in [6.45, 7) is 4.40. The number of carbonyl (C=O) groups excluding carboxylic acids is 1. The fraction of sp³-hybridized carbons (Fsp3) is 0.929. The van der Waals surface area contributed by atoms with E-state index in [-0.39, 0.29) is 0 Å². The molecule has 1 heterocycles. The second-order valence-corrected chi connectivity index (χ2v) is 5.12. The van der Waals surface area contributed by atoms with E-state index in [9.17, 15) is 4.79 Å². The third kappa shape index (κ3) is 6.26. The standard InChI is InChI=1S/C14H27NO/c1-2-3-4-5-6-7-8-14(16)11-13-9-10-15-12-13/h13,15H,2-12H2,1H3. The number of carbonyl (C=O) groups is 1. The van der Waals surface area contributed by atoms with Crippen LogP contribution in [0.3, 0.4) is 0 Å². The first kappa shape index (κ1) is 13.7. The molecule has 1 saturated heterocycles. The fourth-order valence-corrected chi connectivity index (χ4v) is 2.42. The van der Waals surface area contributed by atoms with Crippen LogP contribution in [0.15, 0.2) is 0 Å². The van der Waals surface area contributed by atoms with Gasteiger partial charge >= 0.3 is 0 Å². The molecule has 0 amide bonds. The smallest absolute Gasteiger partial charge is 0.133 e. The van der Waals surface area contributed by atoms with Crippen LogP contribution in [0, 0.1) is 5.92 Å². The van der Waals surface area contributed by atoms with Crippen LogP contribution in [-0.2, 0) is 4.79 Å². The van der Waals surface area contributed by atoms with Crippen molar-refractivity contribution in [2.45, 2.75) is 64.7 Å². The van der Waals surface area contributed by atoms with Crippen molar-refractivity contribution in [2.24, 2.45) is 5.92 Å². The molecule has 1 atom stereocenters. The number of ketones is 1. The van der Waals surface area contributed by atoms with Crippen LogP contribution in [0.2, 0.25) is 0 Å². The highest BCUT2D eigenvalue weighted by atomic mass is 16.1. The summed E-state index contributed by atoms with van der Waals surface area (Å²) < 4.78 is 0. The van der Waals surface area contributed by atoms with Crippen molar-refractivity contribution in [1.29, 1.82) is 0 Å². The highest BCUT2D eigenvalue weighted by Crippen LogP contribution is 2.15. The molecule has 0 aliphatic carbocycles. The minimum Gasteiger partial charge on any atom is -0.316 e. The Kier molecular flexibility index (Phi) is 7.48. The van der Waals surface area contributed by atoms with Crippen molar-refractivity contribution in [2.75, 3.05) is 13.1 Å². The molecule has 16 heavy (non-hydrogen) atoms. The molecule has 0 bridgehead atoms. The third-order valence-corrected chi connectivity index (χ3v) is 3.49. The van der Waals surface area contributed by atoms with Gasteiger partial charge in [0.2, 0.25) is 0 Å². The molecule has 94 valence electrons. The Morgan fingerprint density at radius 1 is 1.19 bits per heavy atom. The molecule has 0 radical (unpaired) electrons. The molecule has 1 aliphatic rings. The van der Waals surface area contributed by atoms with Crippen molar-refractivity contribution in [3.8, 4) is 0 Å². The first-order valence-electron chi connectivity index (χ1n) is 7.05. The minimum atomic E-state index is 0.490. The lowest BCUT2D eigenvalue weighted by Crippen LogP contribution is -2.12. The van der Waals surface area contributed by atoms with Gasteiger partial charge in [0.1, 0.15) is 5.78 Å². The first-order valence-corrected chi connectivity index (χ1v) is 7.05. The highest BCUT2D eigenvalue weighted by molar-refractivity contribution is 5.78. The molecule has 0 spiro atoms. The molecule has 0 saturated carbocycles. The van der Waals surface area contributed by atoms with E-state index in [2.05, 4.69) is 12.2 Å². The molecule has 2 heteroatoms. The van der Waals surface area contributed by atoms with Gasteiger partial charge in [-0.2, -0.15) is 0 Å². The van der Waals surface area contributed by atoms with Crippen LogP contribution < -0.4 is 5.32 Å². The van der Waals surface area contributed by atoms with Crippen LogP contribution in [0.25, 0.3) is 0 Å². The molecule has 1 N–H and O–H groups in total. The average Bonchev–Trinajstić information content (AvgIpc) is 2.76. The molecule has 0 aromatic rings. The number of nitrogens with one attached hydrogen (secondary N) is 1. The average molecular weight is 225 g/mol. The summed E-state index contributed by atoms with van der Waals surface area (Å²) in [5.41, 5.74) is 0. The summed E-state index contributed by atoms with van der Waals surface area (Å²) in [5.74, 6) is 1.12. The van der Waals surface area contributed by atoms with Gasteiger partial charge < -0.3 is 5.32 Å². The van der Waals surface area contributed by atoms with E-state index in [1.165, 1.54) is 38.5 Å². The van der Waals surface area contributed by atoms with E-state index in [1.54, 1.807) is 0 Å². The molecular weight excluding hydrogens is 198 g/mol. The van der Waals surface area contributed by atoms with E-state index >= 15 is 0 Å². The van der Waals surface area contributed by atoms with Gasteiger partial charge in [0, 0.05) is 12.8 Å². The van der Waals surface area contributed by atoms with E-state index in [4.69, 9.17) is 0 Å². The van der Waals surface area contributed by atoms with Crippen LogP contribution in [-0.4, -0.2) is 18.9 Å². The third-order valence-electron chi connectivity index (χ3n) is 3.49. The summed E-state index contributed by atoms with van der Waals surface area (Å²) in [6, 6.07) is 0. The SMILES string of the molecule is CCCCCCCCC(=O)CC1CCNC1. The number of unbranched alkanes of at least 4 members (excludes halogenated alkanes) is 5. The summed E-state index contributed by atoms with van der Waals surface area (Å²) in [7, 11) is 0. The summed E-state index contributed by atoms with van der Waals surface area (Å²) in [4.78, 5) is 11.7. The Labute approximate surface area is 100 Å². The zero-order valence-corrected chi connectivity index (χ0v) is 10.8. The molecule has 0 aromatic carbocycles. The molecule has 1 unspecified atom stereocenters. The van der Waals surface area contributed by atoms with Gasteiger partial charge in [-0.15, -0.1) is 0 Å². The molecular formula is C14H27NO. The van der Waals surface area contributed by atoms with Crippen molar-refractivity contribution in [1.82, 2.24) is 5.32 Å². The Hall–Kier alpha value is -0.370. The topological polar surface area (TPSA) is 29.1 Å². The number of rotatable bonds is 9. The van der Waals surface area contributed by atoms with Gasteiger partial charge in [0.05, 0.1) is 0 Å². The molecule has 1 aliphatic heterocycles. The van der Waals surface area contributed by atoms with Gasteiger partial charge in [0.15, 0.2) is 0 Å². The van der Waals surface area contributed by atoms with Crippen molar-refractivity contribution in [3.05, 3.63) is 0 Å². The van der Waals surface area contributed by atoms with Gasteiger partial charge in [-0.05, 0) is 31.8 Å². The number of hydrogen-bond donors (Lipinski definition) is 1. The van der Waals surface area contributed by atoms with Gasteiger partial charge in [0.25, 0.3) is 0 Å². The maximum Gasteiger partial charge on any atom is 0.133 e. The van der Waals surface area contributed by atoms with Crippen LogP contribution >= 0.6 is 0 Å². The second kappa shape index (κ2) is 8.74. The van der Waals surface area contributed by atoms with Gasteiger partial charge in [-0.3, -0.25) is 4.79 Å². The van der Waals surface area contributed by atoms with Crippen LogP contribution in [0.1, 0.15) is 64.7 Å². The van der Waals surface area contributed by atoms with E-state index in [1.807, 2.05) is 0 Å². The second-order valence-electron chi connectivity index (χ2n) is 5.12. The van der Waals surface area contributed by atoms with Crippen molar-refractivity contribution in [3.63, 3.8) is 0 Å². The Bertz CT molecular complexity index is 185. The zero-order valence-electron chi connectivity index (χ0n) is 10.8. The monoisotopic (exact) mass is 225 g/mol. The van der Waals surface area contributed by atoms with Crippen LogP contribution in [0.5, 0.6) is 0 Å². The predicted octanol–water partition coefficient (Wildman–Crippen LogP) is 3.31. The van der Waals surface area contributed by atoms with E-state index < -0.39 is 0 Å². The zero-order chi connectivity index (χ0) is 11.6. The normalized spacial score (nSPS) is 20.2. The maximum atomic E-state index is 11.7. The Balaban J connectivity index is 1.89. The predicted molar refractivity (Wildman–Crippen MR) is 68.6 cm³/mol. The van der Waals surface area contributed by atoms with Crippen molar-refractivity contribution < 1.29 is 4.79 Å². The van der Waals surface area contributed by atoms with Crippen LogP contribution in [0.4, 0.5) is 0 Å². The van der Waals surface area contributed by atoms with E-state index in [0.717, 1.165) is 32.4 Å². The molecule has 1 fully saturated rings. The largest absolute Gasteiger partial charge is 0.316 e. The number of hydrogen-bond acceptors (Lipinski definition) is 2.